The Balaban J connectivity index is 1.86. The number of amides is 1. The molecule has 0 saturated heterocycles. The zero-order chi connectivity index (χ0) is 12.3. The van der Waals surface area contributed by atoms with Gasteiger partial charge in [0.15, 0.2) is 0 Å². The summed E-state index contributed by atoms with van der Waals surface area (Å²) in [7, 11) is 1.85. The van der Waals surface area contributed by atoms with Crippen molar-refractivity contribution in [3.8, 4) is 0 Å². The number of hydrogen-bond donors (Lipinski definition) is 1. The van der Waals surface area contributed by atoms with Crippen LogP contribution >= 0.6 is 11.6 Å². The summed E-state index contributed by atoms with van der Waals surface area (Å²) in [5.41, 5.74) is 0.338. The second-order valence-corrected chi connectivity index (χ2v) is 3.82. The van der Waals surface area contributed by atoms with Crippen molar-refractivity contribution in [1.29, 1.82) is 0 Å². The van der Waals surface area contributed by atoms with E-state index in [0.29, 0.717) is 18.5 Å². The molecule has 0 radical (unpaired) electrons. The summed E-state index contributed by atoms with van der Waals surface area (Å²) in [6.45, 7) is 0.465. The fourth-order valence-corrected chi connectivity index (χ4v) is 1.57. The quantitative estimate of drug-likeness (QED) is 0.885. The Bertz CT molecular complexity index is 520. The van der Waals surface area contributed by atoms with Crippen LogP contribution in [0.15, 0.2) is 23.1 Å². The van der Waals surface area contributed by atoms with E-state index in [1.807, 2.05) is 7.05 Å². The molecule has 1 N–H and O–H groups in total. The average molecular weight is 255 g/mol. The van der Waals surface area contributed by atoms with E-state index in [-0.39, 0.29) is 11.1 Å². The standard InChI is InChI=1S/C10H11ClN4O2/c1-15-6-13-14-8(15)2-4-12-10(16)7-3-5-17-9(7)11/h3,5-6H,2,4H2,1H3,(H,12,16). The predicted molar refractivity (Wildman–Crippen MR) is 60.8 cm³/mol. The number of rotatable bonds is 4. The Labute approximate surface area is 103 Å². The summed E-state index contributed by atoms with van der Waals surface area (Å²) in [5, 5.41) is 10.5. The molecule has 0 aliphatic heterocycles. The Kier molecular flexibility index (Phi) is 3.43. The van der Waals surface area contributed by atoms with Crippen molar-refractivity contribution < 1.29 is 9.21 Å². The molecule has 0 bridgehead atoms. The first kappa shape index (κ1) is 11.7. The van der Waals surface area contributed by atoms with Gasteiger partial charge in [0.1, 0.15) is 12.2 Å². The largest absolute Gasteiger partial charge is 0.452 e. The van der Waals surface area contributed by atoms with Gasteiger partial charge in [-0.2, -0.15) is 0 Å². The molecule has 0 spiro atoms. The molecule has 7 heteroatoms. The number of nitrogens with zero attached hydrogens (tertiary/aromatic N) is 3. The van der Waals surface area contributed by atoms with Crippen LogP contribution in [0.2, 0.25) is 5.22 Å². The normalized spacial score (nSPS) is 10.5. The smallest absolute Gasteiger partial charge is 0.256 e. The lowest BCUT2D eigenvalue weighted by Gasteiger charge is -2.03. The van der Waals surface area contributed by atoms with Gasteiger partial charge < -0.3 is 14.3 Å². The number of halogens is 1. The van der Waals surface area contributed by atoms with Gasteiger partial charge in [0.25, 0.3) is 5.91 Å². The maximum atomic E-state index is 11.6. The highest BCUT2D eigenvalue weighted by atomic mass is 35.5. The number of nitrogens with one attached hydrogen (secondary N) is 1. The zero-order valence-corrected chi connectivity index (χ0v) is 9.94. The average Bonchev–Trinajstić information content (AvgIpc) is 2.88. The summed E-state index contributed by atoms with van der Waals surface area (Å²) in [4.78, 5) is 11.6. The van der Waals surface area contributed by atoms with E-state index in [9.17, 15) is 4.79 Å². The SMILES string of the molecule is Cn1cnnc1CCNC(=O)c1ccoc1Cl. The van der Waals surface area contributed by atoms with Crippen molar-refractivity contribution in [3.05, 3.63) is 35.3 Å². The van der Waals surface area contributed by atoms with Crippen molar-refractivity contribution in [3.63, 3.8) is 0 Å². The third-order valence-electron chi connectivity index (χ3n) is 2.30. The van der Waals surface area contributed by atoms with Gasteiger partial charge >= 0.3 is 0 Å². The third kappa shape index (κ3) is 2.65. The van der Waals surface area contributed by atoms with E-state index in [1.54, 1.807) is 10.9 Å². The molecular weight excluding hydrogens is 244 g/mol. The monoisotopic (exact) mass is 254 g/mol. The molecule has 6 nitrogen and oxygen atoms in total. The molecule has 0 aliphatic carbocycles. The first-order chi connectivity index (χ1) is 8.18. The Morgan fingerprint density at radius 3 is 3.06 bits per heavy atom. The van der Waals surface area contributed by atoms with Crippen molar-refractivity contribution in [2.24, 2.45) is 7.05 Å². The molecular formula is C10H11ClN4O2. The molecule has 0 unspecified atom stereocenters. The number of carbonyl (C=O) groups excluding carboxylic acids is 1. The van der Waals surface area contributed by atoms with E-state index in [2.05, 4.69) is 15.5 Å². The summed E-state index contributed by atoms with van der Waals surface area (Å²) < 4.78 is 6.64. The lowest BCUT2D eigenvalue weighted by molar-refractivity contribution is 0.0953. The minimum Gasteiger partial charge on any atom is -0.452 e. The fourth-order valence-electron chi connectivity index (χ4n) is 1.37. The highest BCUT2D eigenvalue weighted by Gasteiger charge is 2.12. The van der Waals surface area contributed by atoms with E-state index in [0.717, 1.165) is 5.82 Å². The number of carbonyl (C=O) groups is 1. The molecule has 0 aliphatic rings. The first-order valence-electron chi connectivity index (χ1n) is 5.02. The molecule has 2 aromatic heterocycles. The number of hydrogen-bond acceptors (Lipinski definition) is 4. The molecule has 0 fully saturated rings. The van der Waals surface area contributed by atoms with E-state index in [4.69, 9.17) is 16.0 Å². The van der Waals surface area contributed by atoms with Gasteiger partial charge in [0.05, 0.1) is 11.8 Å². The van der Waals surface area contributed by atoms with Crippen molar-refractivity contribution in [2.75, 3.05) is 6.54 Å². The van der Waals surface area contributed by atoms with Gasteiger partial charge in [-0.25, -0.2) is 0 Å². The fraction of sp³-hybridized carbons (Fsp3) is 0.300. The molecule has 0 saturated carbocycles. The highest BCUT2D eigenvalue weighted by molar-refractivity contribution is 6.32. The van der Waals surface area contributed by atoms with Crippen LogP contribution in [0.3, 0.4) is 0 Å². The second-order valence-electron chi connectivity index (χ2n) is 3.47. The van der Waals surface area contributed by atoms with Gasteiger partial charge in [0.2, 0.25) is 5.22 Å². The van der Waals surface area contributed by atoms with Crippen LogP contribution in [-0.2, 0) is 13.5 Å². The van der Waals surface area contributed by atoms with Crippen LogP contribution in [0.1, 0.15) is 16.2 Å². The summed E-state index contributed by atoms with van der Waals surface area (Å²) in [5.74, 6) is 0.550. The zero-order valence-electron chi connectivity index (χ0n) is 9.18. The van der Waals surface area contributed by atoms with Crippen molar-refractivity contribution >= 4 is 17.5 Å². The Hall–Kier alpha value is -1.82. The van der Waals surface area contributed by atoms with Crippen LogP contribution < -0.4 is 5.32 Å². The third-order valence-corrected chi connectivity index (χ3v) is 2.59. The van der Waals surface area contributed by atoms with Crippen LogP contribution in [-0.4, -0.2) is 27.2 Å². The van der Waals surface area contributed by atoms with Crippen molar-refractivity contribution in [2.45, 2.75) is 6.42 Å². The minimum atomic E-state index is -0.258. The number of aromatic nitrogens is 3. The highest BCUT2D eigenvalue weighted by Crippen LogP contribution is 2.15. The van der Waals surface area contributed by atoms with Gasteiger partial charge in [-0.3, -0.25) is 4.79 Å². The van der Waals surface area contributed by atoms with E-state index < -0.39 is 0 Å². The second kappa shape index (κ2) is 5.01. The summed E-state index contributed by atoms with van der Waals surface area (Å²) in [6.07, 6.45) is 3.60. The molecule has 2 aromatic rings. The lowest BCUT2D eigenvalue weighted by Crippen LogP contribution is -2.26. The van der Waals surface area contributed by atoms with Gasteiger partial charge in [0, 0.05) is 20.0 Å². The molecule has 1 amide bonds. The molecule has 0 atom stereocenters. The topological polar surface area (TPSA) is 73.0 Å². The number of aryl methyl sites for hydroxylation is 1. The summed E-state index contributed by atoms with van der Waals surface area (Å²) in [6, 6.07) is 1.53. The predicted octanol–water partition coefficient (Wildman–Crippen LogP) is 1.03. The number of furan rings is 1. The molecule has 90 valence electrons. The van der Waals surface area contributed by atoms with E-state index >= 15 is 0 Å². The Morgan fingerprint density at radius 2 is 2.47 bits per heavy atom. The van der Waals surface area contributed by atoms with Crippen molar-refractivity contribution in [1.82, 2.24) is 20.1 Å². The van der Waals surface area contributed by atoms with Crippen LogP contribution in [0.25, 0.3) is 0 Å². The van der Waals surface area contributed by atoms with E-state index in [1.165, 1.54) is 12.3 Å². The Morgan fingerprint density at radius 1 is 1.65 bits per heavy atom. The maximum absolute atomic E-state index is 11.6. The molecule has 2 heterocycles. The molecule has 0 aromatic carbocycles. The summed E-state index contributed by atoms with van der Waals surface area (Å²) >= 11 is 5.68. The van der Waals surface area contributed by atoms with Crippen LogP contribution in [0, 0.1) is 0 Å². The maximum Gasteiger partial charge on any atom is 0.256 e. The van der Waals surface area contributed by atoms with Gasteiger partial charge in [-0.1, -0.05) is 0 Å². The van der Waals surface area contributed by atoms with Gasteiger partial charge in [-0.15, -0.1) is 10.2 Å². The van der Waals surface area contributed by atoms with Gasteiger partial charge in [-0.05, 0) is 17.7 Å². The molecule has 17 heavy (non-hydrogen) atoms. The first-order valence-corrected chi connectivity index (χ1v) is 5.40. The van der Waals surface area contributed by atoms with Crippen LogP contribution in [0.4, 0.5) is 0 Å². The minimum absolute atomic E-state index is 0.0983. The van der Waals surface area contributed by atoms with Crippen LogP contribution in [0.5, 0.6) is 0 Å². The molecule has 2 rings (SSSR count). The lowest BCUT2D eigenvalue weighted by atomic mass is 10.3.